The van der Waals surface area contributed by atoms with E-state index >= 15 is 0 Å². The highest BCUT2D eigenvalue weighted by molar-refractivity contribution is 5.85. The molecule has 1 heterocycles. The van der Waals surface area contributed by atoms with Gasteiger partial charge >= 0.3 is 0 Å². The van der Waals surface area contributed by atoms with Crippen LogP contribution in [0, 0.1) is 0 Å². The predicted molar refractivity (Wildman–Crippen MR) is 93.5 cm³/mol. The van der Waals surface area contributed by atoms with Crippen LogP contribution in [0.3, 0.4) is 0 Å². The highest BCUT2D eigenvalue weighted by atomic mass is 35.5. The lowest BCUT2D eigenvalue weighted by molar-refractivity contribution is 0.0208. The van der Waals surface area contributed by atoms with E-state index in [1.165, 1.54) is 56.3 Å². The number of halogens is 1. The van der Waals surface area contributed by atoms with Crippen molar-refractivity contribution in [2.24, 2.45) is 0 Å². The van der Waals surface area contributed by atoms with Crippen molar-refractivity contribution in [1.82, 2.24) is 10.2 Å². The third kappa shape index (κ3) is 4.02. The van der Waals surface area contributed by atoms with Crippen LogP contribution >= 0.6 is 12.4 Å². The Morgan fingerprint density at radius 1 is 1.18 bits per heavy atom. The molecule has 1 N–H and O–H groups in total. The number of hydrogen-bond acceptors (Lipinski definition) is 3. The van der Waals surface area contributed by atoms with Crippen LogP contribution in [0.25, 0.3) is 0 Å². The minimum Gasteiger partial charge on any atom is -0.380 e. The van der Waals surface area contributed by atoms with E-state index in [-0.39, 0.29) is 12.4 Å². The monoisotopic (exact) mass is 324 g/mol. The minimum atomic E-state index is 0. The smallest absolute Gasteiger partial charge is 0.0713 e. The van der Waals surface area contributed by atoms with Crippen molar-refractivity contribution in [3.63, 3.8) is 0 Å². The second-order valence-electron chi connectivity index (χ2n) is 6.64. The summed E-state index contributed by atoms with van der Waals surface area (Å²) in [5, 5.41) is 3.63. The molecule has 1 aromatic carbocycles. The third-order valence-electron chi connectivity index (χ3n) is 5.14. The number of piperazine rings is 1. The van der Waals surface area contributed by atoms with Crippen LogP contribution in [-0.4, -0.2) is 37.2 Å². The fourth-order valence-electron chi connectivity index (χ4n) is 4.04. The summed E-state index contributed by atoms with van der Waals surface area (Å²) < 4.78 is 5.26. The van der Waals surface area contributed by atoms with E-state index in [1.807, 2.05) is 0 Å². The minimum absolute atomic E-state index is 0. The summed E-state index contributed by atoms with van der Waals surface area (Å²) >= 11 is 0. The van der Waals surface area contributed by atoms with E-state index in [9.17, 15) is 0 Å². The van der Waals surface area contributed by atoms with Gasteiger partial charge in [0.2, 0.25) is 0 Å². The Hall–Kier alpha value is -0.610. The lowest BCUT2D eigenvalue weighted by Gasteiger charge is -2.50. The summed E-state index contributed by atoms with van der Waals surface area (Å²) in [6.45, 7) is 5.26. The molecule has 0 amide bonds. The average Bonchev–Trinajstić information content (AvgIpc) is 2.52. The van der Waals surface area contributed by atoms with Gasteiger partial charge in [0.05, 0.1) is 6.61 Å². The van der Waals surface area contributed by atoms with Crippen LogP contribution in [0.5, 0.6) is 0 Å². The highest BCUT2D eigenvalue weighted by Gasteiger charge is 2.39. The normalized spacial score (nSPS) is 21.5. The molecule has 0 bridgehead atoms. The van der Waals surface area contributed by atoms with Gasteiger partial charge in [-0.3, -0.25) is 4.90 Å². The summed E-state index contributed by atoms with van der Waals surface area (Å²) in [5.41, 5.74) is 3.12. The van der Waals surface area contributed by atoms with Crippen LogP contribution < -0.4 is 5.32 Å². The average molecular weight is 325 g/mol. The fraction of sp³-hybridized carbons (Fsp3) is 0.667. The van der Waals surface area contributed by atoms with E-state index in [2.05, 4.69) is 34.5 Å². The Labute approximate surface area is 140 Å². The Kier molecular flexibility index (Phi) is 6.69. The van der Waals surface area contributed by atoms with Crippen molar-refractivity contribution < 1.29 is 4.74 Å². The molecule has 1 saturated carbocycles. The van der Waals surface area contributed by atoms with Crippen LogP contribution in [0.4, 0.5) is 0 Å². The topological polar surface area (TPSA) is 24.5 Å². The first-order valence-electron chi connectivity index (χ1n) is 8.35. The number of methoxy groups -OCH3 is 1. The van der Waals surface area contributed by atoms with Crippen molar-refractivity contribution in [1.29, 1.82) is 0 Å². The number of ether oxygens (including phenoxy) is 1. The second-order valence-corrected chi connectivity index (χ2v) is 6.64. The zero-order valence-corrected chi connectivity index (χ0v) is 14.5. The van der Waals surface area contributed by atoms with E-state index in [1.54, 1.807) is 7.11 Å². The van der Waals surface area contributed by atoms with Gasteiger partial charge in [-0.2, -0.15) is 0 Å². The van der Waals surface area contributed by atoms with E-state index in [0.717, 1.165) is 13.1 Å². The van der Waals surface area contributed by atoms with Gasteiger partial charge in [-0.05, 0) is 24.0 Å². The summed E-state index contributed by atoms with van der Waals surface area (Å²) in [7, 11) is 1.76. The number of benzene rings is 1. The summed E-state index contributed by atoms with van der Waals surface area (Å²) in [6.07, 6.45) is 6.91. The molecule has 124 valence electrons. The van der Waals surface area contributed by atoms with Crippen molar-refractivity contribution in [2.45, 2.75) is 50.8 Å². The van der Waals surface area contributed by atoms with Gasteiger partial charge in [-0.25, -0.2) is 0 Å². The maximum Gasteiger partial charge on any atom is 0.0713 e. The van der Waals surface area contributed by atoms with Gasteiger partial charge in [-0.15, -0.1) is 12.4 Å². The molecule has 22 heavy (non-hydrogen) atoms. The van der Waals surface area contributed by atoms with Crippen LogP contribution in [-0.2, 0) is 17.9 Å². The van der Waals surface area contributed by atoms with Gasteiger partial charge in [-0.1, -0.05) is 43.5 Å². The SMILES string of the molecule is COCc1cccc(CN2CCNCC23CCCCC3)c1.Cl. The predicted octanol–water partition coefficient (Wildman–Crippen LogP) is 3.36. The van der Waals surface area contributed by atoms with E-state index < -0.39 is 0 Å². The first kappa shape index (κ1) is 17.7. The zero-order valence-electron chi connectivity index (χ0n) is 13.6. The second kappa shape index (κ2) is 8.30. The molecule has 2 fully saturated rings. The molecule has 3 nitrogen and oxygen atoms in total. The number of rotatable bonds is 4. The van der Waals surface area contributed by atoms with Gasteiger partial charge in [0, 0.05) is 38.8 Å². The molecule has 0 radical (unpaired) electrons. The quantitative estimate of drug-likeness (QED) is 0.919. The molecule has 0 aromatic heterocycles. The lowest BCUT2D eigenvalue weighted by atomic mass is 9.79. The van der Waals surface area contributed by atoms with Crippen LogP contribution in [0.15, 0.2) is 24.3 Å². The molecular weight excluding hydrogens is 296 g/mol. The summed E-state index contributed by atoms with van der Waals surface area (Å²) in [6, 6.07) is 8.89. The number of nitrogens with one attached hydrogen (secondary N) is 1. The van der Waals surface area contributed by atoms with Crippen LogP contribution in [0.2, 0.25) is 0 Å². The van der Waals surface area contributed by atoms with Crippen molar-refractivity contribution in [3.8, 4) is 0 Å². The third-order valence-corrected chi connectivity index (χ3v) is 5.14. The molecule has 1 saturated heterocycles. The van der Waals surface area contributed by atoms with E-state index in [4.69, 9.17) is 4.74 Å². The Bertz CT molecular complexity index is 452. The lowest BCUT2D eigenvalue weighted by Crippen LogP contribution is -2.61. The maximum atomic E-state index is 5.26. The Balaban J connectivity index is 0.00000176. The summed E-state index contributed by atoms with van der Waals surface area (Å²) in [5.74, 6) is 0. The standard InChI is InChI=1S/C18H28N2O.ClH/c1-21-14-17-7-5-6-16(12-17)13-20-11-10-19-15-18(20)8-3-2-4-9-18;/h5-7,12,19H,2-4,8-11,13-15H2,1H3;1H. The zero-order chi connectivity index (χ0) is 14.5. The van der Waals surface area contributed by atoms with Gasteiger partial charge in [0.25, 0.3) is 0 Å². The first-order chi connectivity index (χ1) is 10.3. The molecule has 2 aliphatic rings. The number of nitrogens with zero attached hydrogens (tertiary/aromatic N) is 1. The Morgan fingerprint density at radius 2 is 1.95 bits per heavy atom. The largest absolute Gasteiger partial charge is 0.380 e. The molecule has 1 aromatic rings. The molecule has 0 unspecified atom stereocenters. The maximum absolute atomic E-state index is 5.26. The van der Waals surface area contributed by atoms with Crippen molar-refractivity contribution in [2.75, 3.05) is 26.7 Å². The van der Waals surface area contributed by atoms with Gasteiger partial charge in [0.1, 0.15) is 0 Å². The molecular formula is C18H29ClN2O. The summed E-state index contributed by atoms with van der Waals surface area (Å²) in [4.78, 5) is 2.74. The molecule has 1 aliphatic heterocycles. The molecule has 4 heteroatoms. The first-order valence-corrected chi connectivity index (χ1v) is 8.35. The molecule has 1 aliphatic carbocycles. The molecule has 0 atom stereocenters. The van der Waals surface area contributed by atoms with Gasteiger partial charge < -0.3 is 10.1 Å². The molecule has 1 spiro atoms. The van der Waals surface area contributed by atoms with Crippen LogP contribution in [0.1, 0.15) is 43.2 Å². The van der Waals surface area contributed by atoms with Crippen molar-refractivity contribution >= 4 is 12.4 Å². The highest BCUT2D eigenvalue weighted by Crippen LogP contribution is 2.35. The molecule has 3 rings (SSSR count). The van der Waals surface area contributed by atoms with Gasteiger partial charge in [0.15, 0.2) is 0 Å². The van der Waals surface area contributed by atoms with Crippen molar-refractivity contribution in [3.05, 3.63) is 35.4 Å². The Morgan fingerprint density at radius 3 is 2.73 bits per heavy atom. The van der Waals surface area contributed by atoms with E-state index in [0.29, 0.717) is 12.1 Å². The number of hydrogen-bond donors (Lipinski definition) is 1. The fourth-order valence-corrected chi connectivity index (χ4v) is 4.04.